The molecule has 40 valence electrons. The van der Waals surface area contributed by atoms with Gasteiger partial charge in [0.2, 0.25) is 0 Å². The summed E-state index contributed by atoms with van der Waals surface area (Å²) in [6, 6.07) is 0. The second-order valence-corrected chi connectivity index (χ2v) is 1.39. The zero-order chi connectivity index (χ0) is 5.11. The molecule has 0 atom stereocenters. The van der Waals surface area contributed by atoms with Crippen LogP contribution in [0.4, 0.5) is 0 Å². The van der Waals surface area contributed by atoms with Crippen molar-refractivity contribution < 1.29 is 9.78 Å². The molecule has 1 aliphatic rings. The van der Waals surface area contributed by atoms with Gasteiger partial charge >= 0.3 is 0 Å². The van der Waals surface area contributed by atoms with Gasteiger partial charge in [0.1, 0.15) is 12.4 Å². The molecule has 0 unspecified atom stereocenters. The summed E-state index contributed by atoms with van der Waals surface area (Å²) in [4.78, 5) is 9.22. The Balaban J connectivity index is 2.36. The Labute approximate surface area is 42.7 Å². The van der Waals surface area contributed by atoms with Crippen molar-refractivity contribution in [3.05, 3.63) is 11.8 Å². The number of hydrogen-bond acceptors (Lipinski definition) is 2. The summed E-state index contributed by atoms with van der Waals surface area (Å²) in [5, 5.41) is 0. The van der Waals surface area contributed by atoms with E-state index in [0.29, 0.717) is 6.61 Å². The maximum absolute atomic E-state index is 4.66. The number of rotatable bonds is 1. The van der Waals surface area contributed by atoms with E-state index in [9.17, 15) is 0 Å². The molecule has 1 aliphatic heterocycles. The van der Waals surface area contributed by atoms with Crippen LogP contribution >= 0.6 is 0 Å². The Hall–Kier alpha value is -0.500. The summed E-state index contributed by atoms with van der Waals surface area (Å²) in [6.07, 6.45) is 2.86. The van der Waals surface area contributed by atoms with Crippen molar-refractivity contribution in [1.29, 1.82) is 0 Å². The van der Waals surface area contributed by atoms with Crippen LogP contribution in [-0.4, -0.2) is 6.61 Å². The molecule has 0 saturated heterocycles. The van der Waals surface area contributed by atoms with E-state index in [0.717, 1.165) is 12.2 Å². The van der Waals surface area contributed by atoms with Crippen molar-refractivity contribution in [1.82, 2.24) is 0 Å². The molecule has 2 nitrogen and oxygen atoms in total. The van der Waals surface area contributed by atoms with E-state index in [1.807, 2.05) is 13.0 Å². The predicted molar refractivity (Wildman–Crippen MR) is 25.4 cm³/mol. The van der Waals surface area contributed by atoms with Crippen LogP contribution in [0.1, 0.15) is 13.3 Å². The van der Waals surface area contributed by atoms with Crippen LogP contribution in [0.5, 0.6) is 0 Å². The SMILES string of the molecule is CCC1=CCOO1. The average Bonchev–Trinajstić information content (AvgIpc) is 2.14. The molecule has 0 aliphatic carbocycles. The average molecular weight is 100 g/mol. The third kappa shape index (κ3) is 0.933. The zero-order valence-corrected chi connectivity index (χ0v) is 4.31. The lowest BCUT2D eigenvalue weighted by atomic mass is 10.4. The zero-order valence-electron chi connectivity index (χ0n) is 4.31. The molecule has 0 radical (unpaired) electrons. The minimum absolute atomic E-state index is 0.614. The van der Waals surface area contributed by atoms with Gasteiger partial charge in [-0.15, -0.1) is 0 Å². The molecule has 0 N–H and O–H groups in total. The molecule has 2 heteroatoms. The van der Waals surface area contributed by atoms with E-state index in [-0.39, 0.29) is 0 Å². The molecule has 0 bridgehead atoms. The fraction of sp³-hybridized carbons (Fsp3) is 0.600. The molecule has 0 aromatic rings. The van der Waals surface area contributed by atoms with Crippen LogP contribution in [0.3, 0.4) is 0 Å². The molecule has 0 spiro atoms. The van der Waals surface area contributed by atoms with Gasteiger partial charge in [-0.05, 0) is 6.08 Å². The van der Waals surface area contributed by atoms with Crippen molar-refractivity contribution in [3.63, 3.8) is 0 Å². The summed E-state index contributed by atoms with van der Waals surface area (Å²) < 4.78 is 0. The molecule has 7 heavy (non-hydrogen) atoms. The first-order valence-electron chi connectivity index (χ1n) is 2.42. The standard InChI is InChI=1S/C5H8O2/c1-2-5-3-4-6-7-5/h3H,2,4H2,1H3. The van der Waals surface area contributed by atoms with E-state index in [1.165, 1.54) is 0 Å². The van der Waals surface area contributed by atoms with Gasteiger partial charge in [0.25, 0.3) is 0 Å². The van der Waals surface area contributed by atoms with Crippen molar-refractivity contribution >= 4 is 0 Å². The summed E-state index contributed by atoms with van der Waals surface area (Å²) in [5.74, 6) is 0.944. The van der Waals surface area contributed by atoms with Gasteiger partial charge in [0.15, 0.2) is 0 Å². The smallest absolute Gasteiger partial charge is 0.140 e. The van der Waals surface area contributed by atoms with Crippen LogP contribution in [0, 0.1) is 0 Å². The Morgan fingerprint density at radius 2 is 2.71 bits per heavy atom. The van der Waals surface area contributed by atoms with Crippen LogP contribution in [0.25, 0.3) is 0 Å². The minimum atomic E-state index is 0.614. The topological polar surface area (TPSA) is 18.5 Å². The quantitative estimate of drug-likeness (QED) is 0.461. The highest BCUT2D eigenvalue weighted by Gasteiger charge is 2.01. The third-order valence-electron chi connectivity index (χ3n) is 0.893. The lowest BCUT2D eigenvalue weighted by Gasteiger charge is -1.92. The van der Waals surface area contributed by atoms with Gasteiger partial charge in [-0.2, -0.15) is 4.89 Å². The molecule has 1 rings (SSSR count). The maximum atomic E-state index is 4.66. The molecule has 0 aromatic carbocycles. The molecular formula is C5H8O2. The van der Waals surface area contributed by atoms with Crippen LogP contribution < -0.4 is 0 Å². The van der Waals surface area contributed by atoms with Crippen molar-refractivity contribution in [2.45, 2.75) is 13.3 Å². The first kappa shape index (κ1) is 4.65. The van der Waals surface area contributed by atoms with Crippen LogP contribution in [0.15, 0.2) is 11.8 Å². The third-order valence-corrected chi connectivity index (χ3v) is 0.893. The molecule has 0 amide bonds. The lowest BCUT2D eigenvalue weighted by Crippen LogP contribution is -1.79. The molecule has 0 fully saturated rings. The fourth-order valence-electron chi connectivity index (χ4n) is 0.474. The lowest BCUT2D eigenvalue weighted by molar-refractivity contribution is -0.235. The highest BCUT2D eigenvalue weighted by Crippen LogP contribution is 2.08. The summed E-state index contributed by atoms with van der Waals surface area (Å²) >= 11 is 0. The van der Waals surface area contributed by atoms with Gasteiger partial charge in [-0.25, -0.2) is 0 Å². The van der Waals surface area contributed by atoms with Gasteiger partial charge in [0, 0.05) is 6.42 Å². The Morgan fingerprint density at radius 3 is 3.00 bits per heavy atom. The van der Waals surface area contributed by atoms with E-state index < -0.39 is 0 Å². The van der Waals surface area contributed by atoms with E-state index in [1.54, 1.807) is 0 Å². The van der Waals surface area contributed by atoms with Gasteiger partial charge in [-0.3, -0.25) is 0 Å². The van der Waals surface area contributed by atoms with Crippen molar-refractivity contribution in [3.8, 4) is 0 Å². The van der Waals surface area contributed by atoms with Crippen LogP contribution in [-0.2, 0) is 9.78 Å². The Kier molecular flexibility index (Phi) is 1.32. The maximum Gasteiger partial charge on any atom is 0.140 e. The Morgan fingerprint density at radius 1 is 1.86 bits per heavy atom. The predicted octanol–water partition coefficient (Wildman–Crippen LogP) is 1.24. The van der Waals surface area contributed by atoms with Gasteiger partial charge in [-0.1, -0.05) is 6.92 Å². The molecular weight excluding hydrogens is 92.1 g/mol. The number of hydrogen-bond donors (Lipinski definition) is 0. The highest BCUT2D eigenvalue weighted by molar-refractivity contribution is 4.93. The summed E-state index contributed by atoms with van der Waals surface area (Å²) in [7, 11) is 0. The normalized spacial score (nSPS) is 18.7. The van der Waals surface area contributed by atoms with E-state index >= 15 is 0 Å². The van der Waals surface area contributed by atoms with Crippen molar-refractivity contribution in [2.75, 3.05) is 6.61 Å². The van der Waals surface area contributed by atoms with E-state index in [2.05, 4.69) is 9.78 Å². The minimum Gasteiger partial charge on any atom is -0.342 e. The van der Waals surface area contributed by atoms with Crippen LogP contribution in [0.2, 0.25) is 0 Å². The van der Waals surface area contributed by atoms with Crippen molar-refractivity contribution in [2.24, 2.45) is 0 Å². The second-order valence-electron chi connectivity index (χ2n) is 1.39. The molecule has 0 saturated carbocycles. The van der Waals surface area contributed by atoms with E-state index in [4.69, 9.17) is 0 Å². The summed E-state index contributed by atoms with van der Waals surface area (Å²) in [5.41, 5.74) is 0. The number of allylic oxidation sites excluding steroid dienone is 1. The Bertz CT molecular complexity index is 86.1. The monoisotopic (exact) mass is 100 g/mol. The molecule has 0 aromatic heterocycles. The first-order valence-corrected chi connectivity index (χ1v) is 2.42. The molecule has 1 heterocycles. The second kappa shape index (κ2) is 1.98. The largest absolute Gasteiger partial charge is 0.342 e. The van der Waals surface area contributed by atoms with Gasteiger partial charge < -0.3 is 4.89 Å². The fourth-order valence-corrected chi connectivity index (χ4v) is 0.474. The van der Waals surface area contributed by atoms with Gasteiger partial charge in [0.05, 0.1) is 0 Å². The first-order chi connectivity index (χ1) is 3.43. The highest BCUT2D eigenvalue weighted by atomic mass is 17.2. The summed E-state index contributed by atoms with van der Waals surface area (Å²) in [6.45, 7) is 2.64.